The molecule has 0 radical (unpaired) electrons. The molecule has 1 aromatic carbocycles. The molecule has 3 heteroatoms. The van der Waals surface area contributed by atoms with E-state index in [1.807, 2.05) is 18.9 Å². The Morgan fingerprint density at radius 3 is 2.40 bits per heavy atom. The molecule has 0 unspecified atom stereocenters. The number of amides is 1. The van der Waals surface area contributed by atoms with Crippen LogP contribution in [0.25, 0.3) is 0 Å². The van der Waals surface area contributed by atoms with E-state index in [0.29, 0.717) is 6.04 Å². The number of benzene rings is 1. The highest BCUT2D eigenvalue weighted by Gasteiger charge is 2.25. The predicted octanol–water partition coefficient (Wildman–Crippen LogP) is 4.27. The van der Waals surface area contributed by atoms with Crippen LogP contribution in [0.5, 0.6) is 0 Å². The van der Waals surface area contributed by atoms with Crippen LogP contribution in [0, 0.1) is 6.92 Å². The van der Waals surface area contributed by atoms with Crippen LogP contribution in [0.15, 0.2) is 29.2 Å². The minimum Gasteiger partial charge on any atom is -0.342 e. The molecule has 20 heavy (non-hydrogen) atoms. The summed E-state index contributed by atoms with van der Waals surface area (Å²) in [5.74, 6) is 0.266. The van der Waals surface area contributed by atoms with Crippen molar-refractivity contribution in [2.75, 3.05) is 7.05 Å². The van der Waals surface area contributed by atoms with Gasteiger partial charge in [-0.25, -0.2) is 0 Å². The van der Waals surface area contributed by atoms with Gasteiger partial charge in [-0.15, -0.1) is 11.8 Å². The maximum atomic E-state index is 12.5. The van der Waals surface area contributed by atoms with Gasteiger partial charge in [-0.1, -0.05) is 37.0 Å². The summed E-state index contributed by atoms with van der Waals surface area (Å²) in [6.07, 6.45) is 6.20. The lowest BCUT2D eigenvalue weighted by atomic mass is 9.94. The van der Waals surface area contributed by atoms with Crippen LogP contribution in [0.3, 0.4) is 0 Å². The third-order valence-corrected chi connectivity index (χ3v) is 5.25. The molecule has 0 saturated heterocycles. The highest BCUT2D eigenvalue weighted by Crippen LogP contribution is 2.27. The summed E-state index contributed by atoms with van der Waals surface area (Å²) >= 11 is 1.66. The van der Waals surface area contributed by atoms with E-state index in [-0.39, 0.29) is 11.2 Å². The molecule has 1 atom stereocenters. The Balaban J connectivity index is 1.92. The van der Waals surface area contributed by atoms with E-state index in [0.717, 1.165) is 0 Å². The van der Waals surface area contributed by atoms with Crippen molar-refractivity contribution in [3.05, 3.63) is 29.8 Å². The van der Waals surface area contributed by atoms with Crippen LogP contribution >= 0.6 is 11.8 Å². The lowest BCUT2D eigenvalue weighted by molar-refractivity contribution is -0.131. The fraction of sp³-hybridized carbons (Fsp3) is 0.588. The van der Waals surface area contributed by atoms with Crippen LogP contribution in [0.2, 0.25) is 0 Å². The molecule has 1 fully saturated rings. The number of hydrogen-bond donors (Lipinski definition) is 0. The molecule has 0 spiro atoms. The van der Waals surface area contributed by atoms with Crippen molar-refractivity contribution >= 4 is 17.7 Å². The van der Waals surface area contributed by atoms with E-state index in [2.05, 4.69) is 31.2 Å². The number of carbonyl (C=O) groups excluding carboxylic acids is 1. The van der Waals surface area contributed by atoms with Crippen LogP contribution in [-0.2, 0) is 4.79 Å². The van der Waals surface area contributed by atoms with Crippen molar-refractivity contribution in [1.82, 2.24) is 4.90 Å². The van der Waals surface area contributed by atoms with Gasteiger partial charge in [0, 0.05) is 18.0 Å². The molecule has 0 N–H and O–H groups in total. The molecular formula is C17H25NOS. The molecule has 0 heterocycles. The standard InChI is InChI=1S/C17H25NOS/c1-13-9-11-16(12-10-13)20-14(2)17(19)18(3)15-7-5-4-6-8-15/h9-12,14-15H,4-8H2,1-3H3/t14-/m1/s1. The molecule has 1 aliphatic rings. The average Bonchev–Trinajstić information content (AvgIpc) is 2.49. The summed E-state index contributed by atoms with van der Waals surface area (Å²) in [6.45, 7) is 4.10. The molecule has 0 aliphatic heterocycles. The Bertz CT molecular complexity index is 437. The van der Waals surface area contributed by atoms with E-state index in [4.69, 9.17) is 0 Å². The highest BCUT2D eigenvalue weighted by atomic mass is 32.2. The number of rotatable bonds is 4. The van der Waals surface area contributed by atoms with Gasteiger partial charge in [0.2, 0.25) is 5.91 Å². The number of aryl methyl sites for hydroxylation is 1. The Hall–Kier alpha value is -0.960. The van der Waals surface area contributed by atoms with Gasteiger partial charge in [0.05, 0.1) is 5.25 Å². The van der Waals surface area contributed by atoms with Crippen LogP contribution in [-0.4, -0.2) is 29.1 Å². The lowest BCUT2D eigenvalue weighted by Crippen LogP contribution is -2.42. The van der Waals surface area contributed by atoms with Gasteiger partial charge in [0.25, 0.3) is 0 Å². The summed E-state index contributed by atoms with van der Waals surface area (Å²) in [6, 6.07) is 8.86. The molecule has 0 bridgehead atoms. The molecule has 1 aliphatic carbocycles. The maximum Gasteiger partial charge on any atom is 0.235 e. The Labute approximate surface area is 126 Å². The molecule has 2 nitrogen and oxygen atoms in total. The van der Waals surface area contributed by atoms with Gasteiger partial charge >= 0.3 is 0 Å². The van der Waals surface area contributed by atoms with Gasteiger partial charge in [0.15, 0.2) is 0 Å². The van der Waals surface area contributed by atoms with Gasteiger partial charge in [-0.05, 0) is 38.8 Å². The third kappa shape index (κ3) is 4.02. The number of thioether (sulfide) groups is 1. The first-order valence-electron chi connectivity index (χ1n) is 7.58. The van der Waals surface area contributed by atoms with Crippen LogP contribution in [0.1, 0.15) is 44.6 Å². The van der Waals surface area contributed by atoms with Crippen molar-refractivity contribution in [3.8, 4) is 0 Å². The fourth-order valence-corrected chi connectivity index (χ4v) is 3.77. The van der Waals surface area contributed by atoms with E-state index < -0.39 is 0 Å². The van der Waals surface area contributed by atoms with Crippen molar-refractivity contribution < 1.29 is 4.79 Å². The molecule has 1 saturated carbocycles. The monoisotopic (exact) mass is 291 g/mol. The van der Waals surface area contributed by atoms with Crippen molar-refractivity contribution in [2.45, 2.75) is 62.1 Å². The second-order valence-corrected chi connectivity index (χ2v) is 7.23. The van der Waals surface area contributed by atoms with Crippen molar-refractivity contribution in [3.63, 3.8) is 0 Å². The minimum atomic E-state index is -0.00960. The average molecular weight is 291 g/mol. The number of carbonyl (C=O) groups is 1. The largest absolute Gasteiger partial charge is 0.342 e. The second kappa shape index (κ2) is 7.16. The van der Waals surface area contributed by atoms with Gasteiger partial charge in [-0.3, -0.25) is 4.79 Å². The fourth-order valence-electron chi connectivity index (χ4n) is 2.81. The summed E-state index contributed by atoms with van der Waals surface area (Å²) in [4.78, 5) is 15.7. The zero-order valence-electron chi connectivity index (χ0n) is 12.8. The quantitative estimate of drug-likeness (QED) is 0.772. The normalized spacial score (nSPS) is 17.8. The molecule has 1 amide bonds. The molecule has 0 aromatic heterocycles. The minimum absolute atomic E-state index is 0.00960. The lowest BCUT2D eigenvalue weighted by Gasteiger charge is -2.32. The van der Waals surface area contributed by atoms with E-state index >= 15 is 0 Å². The van der Waals surface area contributed by atoms with E-state index in [9.17, 15) is 4.79 Å². The molecule has 1 aromatic rings. The zero-order chi connectivity index (χ0) is 14.5. The van der Waals surface area contributed by atoms with Gasteiger partial charge in [-0.2, -0.15) is 0 Å². The highest BCUT2D eigenvalue weighted by molar-refractivity contribution is 8.00. The Kier molecular flexibility index (Phi) is 5.53. The SMILES string of the molecule is Cc1ccc(S[C@H](C)C(=O)N(C)C2CCCCC2)cc1. The summed E-state index contributed by atoms with van der Waals surface area (Å²) in [5.41, 5.74) is 1.26. The maximum absolute atomic E-state index is 12.5. The number of nitrogens with zero attached hydrogens (tertiary/aromatic N) is 1. The Morgan fingerprint density at radius 1 is 1.20 bits per heavy atom. The predicted molar refractivity (Wildman–Crippen MR) is 86.1 cm³/mol. The molecule has 2 rings (SSSR count). The van der Waals surface area contributed by atoms with Gasteiger partial charge < -0.3 is 4.90 Å². The van der Waals surface area contributed by atoms with Gasteiger partial charge in [0.1, 0.15) is 0 Å². The number of hydrogen-bond acceptors (Lipinski definition) is 2. The van der Waals surface area contributed by atoms with Crippen LogP contribution in [0.4, 0.5) is 0 Å². The second-order valence-electron chi connectivity index (χ2n) is 5.81. The summed E-state index contributed by atoms with van der Waals surface area (Å²) in [5, 5.41) is -0.00960. The first-order valence-corrected chi connectivity index (χ1v) is 8.46. The Morgan fingerprint density at radius 2 is 1.80 bits per heavy atom. The molecular weight excluding hydrogens is 266 g/mol. The van der Waals surface area contributed by atoms with E-state index in [1.165, 1.54) is 42.6 Å². The summed E-state index contributed by atoms with van der Waals surface area (Å²) < 4.78 is 0. The first kappa shape index (κ1) is 15.4. The smallest absolute Gasteiger partial charge is 0.235 e. The van der Waals surface area contributed by atoms with Crippen LogP contribution < -0.4 is 0 Å². The molecule has 110 valence electrons. The summed E-state index contributed by atoms with van der Waals surface area (Å²) in [7, 11) is 1.98. The zero-order valence-corrected chi connectivity index (χ0v) is 13.6. The van der Waals surface area contributed by atoms with Crippen molar-refractivity contribution in [1.29, 1.82) is 0 Å². The first-order chi connectivity index (χ1) is 9.58. The topological polar surface area (TPSA) is 20.3 Å². The van der Waals surface area contributed by atoms with E-state index in [1.54, 1.807) is 11.8 Å². The van der Waals surface area contributed by atoms with Crippen molar-refractivity contribution in [2.24, 2.45) is 0 Å². The third-order valence-electron chi connectivity index (χ3n) is 4.15.